The molecule has 9 nitrogen and oxygen atoms in total. The minimum Gasteiger partial charge on any atom is -0.480 e. The first kappa shape index (κ1) is 19.0. The molecule has 3 N–H and O–H groups in total. The number of aliphatic carboxylic acids is 1. The van der Waals surface area contributed by atoms with Crippen LogP contribution < -0.4 is 15.5 Å². The Morgan fingerprint density at radius 3 is 2.81 bits per heavy atom. The largest absolute Gasteiger partial charge is 0.480 e. The van der Waals surface area contributed by atoms with Gasteiger partial charge in [0.05, 0.1) is 11.0 Å². The van der Waals surface area contributed by atoms with E-state index in [1.165, 1.54) is 4.90 Å². The van der Waals surface area contributed by atoms with E-state index in [4.69, 9.17) is 5.11 Å². The molecule has 2 aromatic rings. The Bertz CT molecular complexity index is 868. The van der Waals surface area contributed by atoms with Crippen LogP contribution in [0, 0.1) is 0 Å². The maximum atomic E-state index is 12.8. The smallest absolute Gasteiger partial charge is 0.324 e. The Morgan fingerprint density at radius 1 is 1.30 bits per heavy atom. The van der Waals surface area contributed by atoms with Gasteiger partial charge in [-0.15, -0.1) is 0 Å². The molecule has 1 aromatic heterocycles. The molecule has 0 bridgehead atoms. The van der Waals surface area contributed by atoms with Crippen LogP contribution in [0.15, 0.2) is 24.3 Å². The molecule has 1 aliphatic heterocycles. The molecule has 0 saturated carbocycles. The average molecular weight is 391 g/mol. The van der Waals surface area contributed by atoms with Crippen LogP contribution in [0.4, 0.5) is 10.7 Å². The van der Waals surface area contributed by atoms with Gasteiger partial charge in [0.2, 0.25) is 11.9 Å². The van der Waals surface area contributed by atoms with Gasteiger partial charge in [-0.1, -0.05) is 12.1 Å². The molecule has 3 amide bonds. The number of carboxylic acids is 1. The van der Waals surface area contributed by atoms with Crippen LogP contribution in [0.1, 0.15) is 6.42 Å². The third kappa shape index (κ3) is 4.16. The molecule has 3 rings (SSSR count). The number of benzene rings is 1. The highest BCUT2D eigenvalue weighted by Gasteiger charge is 2.31. The van der Waals surface area contributed by atoms with Crippen molar-refractivity contribution in [2.24, 2.45) is 0 Å². The predicted molar refractivity (Wildman–Crippen MR) is 103 cm³/mol. The van der Waals surface area contributed by atoms with Crippen LogP contribution in [0.3, 0.4) is 0 Å². The first-order valence-corrected chi connectivity index (χ1v) is 9.92. The van der Waals surface area contributed by atoms with Gasteiger partial charge in [-0.25, -0.2) is 9.78 Å². The zero-order valence-electron chi connectivity index (χ0n) is 14.8. The first-order valence-electron chi connectivity index (χ1n) is 8.53. The summed E-state index contributed by atoms with van der Waals surface area (Å²) in [5.41, 5.74) is 1.77. The van der Waals surface area contributed by atoms with Gasteiger partial charge in [0, 0.05) is 13.1 Å². The van der Waals surface area contributed by atoms with Crippen molar-refractivity contribution in [1.82, 2.24) is 20.2 Å². The van der Waals surface area contributed by atoms with Gasteiger partial charge in [-0.05, 0) is 30.6 Å². The lowest BCUT2D eigenvalue weighted by Crippen LogP contribution is -2.52. The summed E-state index contributed by atoms with van der Waals surface area (Å²) in [5.74, 6) is -0.438. The number of hydrogen-bond acceptors (Lipinski definition) is 5. The number of rotatable bonds is 7. The number of thioether (sulfide) groups is 1. The molecule has 1 aliphatic rings. The van der Waals surface area contributed by atoms with Crippen molar-refractivity contribution in [3.05, 3.63) is 24.3 Å². The maximum absolute atomic E-state index is 12.8. The SMILES string of the molecule is CSCC[C@H](NC(=O)N1CCn2c1nc1ccccc12)C(=O)NCC(=O)O. The molecule has 0 spiro atoms. The molecule has 144 valence electrons. The van der Waals surface area contributed by atoms with E-state index in [0.29, 0.717) is 31.2 Å². The minimum atomic E-state index is -1.13. The number of imidazole rings is 1. The number of anilines is 1. The molecule has 0 aliphatic carbocycles. The molecular formula is C17H21N5O4S. The number of hydrogen-bond donors (Lipinski definition) is 3. The predicted octanol–water partition coefficient (Wildman–Crippen LogP) is 0.888. The summed E-state index contributed by atoms with van der Waals surface area (Å²) in [6.45, 7) is 0.610. The summed E-state index contributed by atoms with van der Waals surface area (Å²) >= 11 is 1.54. The molecule has 0 unspecified atom stereocenters. The molecule has 27 heavy (non-hydrogen) atoms. The number of nitrogens with one attached hydrogen (secondary N) is 2. The third-order valence-corrected chi connectivity index (χ3v) is 4.95. The second-order valence-electron chi connectivity index (χ2n) is 6.10. The van der Waals surface area contributed by atoms with E-state index < -0.39 is 30.5 Å². The minimum absolute atomic E-state index is 0.405. The fourth-order valence-corrected chi connectivity index (χ4v) is 3.47. The van der Waals surface area contributed by atoms with E-state index in [2.05, 4.69) is 15.6 Å². The van der Waals surface area contributed by atoms with Gasteiger partial charge in [0.1, 0.15) is 12.6 Å². The highest BCUT2D eigenvalue weighted by Crippen LogP contribution is 2.27. The first-order chi connectivity index (χ1) is 13.0. The lowest BCUT2D eigenvalue weighted by molar-refractivity contribution is -0.138. The number of carbonyl (C=O) groups excluding carboxylic acids is 2. The molecule has 0 fully saturated rings. The number of carbonyl (C=O) groups is 3. The number of para-hydroxylation sites is 2. The molecule has 0 saturated heterocycles. The quantitative estimate of drug-likeness (QED) is 0.645. The zero-order valence-corrected chi connectivity index (χ0v) is 15.7. The van der Waals surface area contributed by atoms with Crippen LogP contribution in [0.5, 0.6) is 0 Å². The standard InChI is InChI=1S/C17H21N5O4S/c1-27-9-6-12(15(25)18-10-14(23)24)20-17(26)22-8-7-21-13-5-3-2-4-11(13)19-16(21)22/h2-5,12H,6-10H2,1H3,(H,18,25)(H,20,26)(H,23,24)/t12-/m0/s1. The highest BCUT2D eigenvalue weighted by atomic mass is 32.2. The number of aromatic nitrogens is 2. The third-order valence-electron chi connectivity index (χ3n) is 4.31. The van der Waals surface area contributed by atoms with Crippen molar-refractivity contribution in [2.75, 3.05) is 30.0 Å². The van der Waals surface area contributed by atoms with Crippen LogP contribution in [0.2, 0.25) is 0 Å². The second-order valence-corrected chi connectivity index (χ2v) is 7.08. The van der Waals surface area contributed by atoms with Gasteiger partial charge in [0.25, 0.3) is 0 Å². The van der Waals surface area contributed by atoms with Gasteiger partial charge in [-0.2, -0.15) is 11.8 Å². The number of carboxylic acid groups (broad SMARTS) is 1. The van der Waals surface area contributed by atoms with Crippen LogP contribution in [-0.2, 0) is 16.1 Å². The summed E-state index contributed by atoms with van der Waals surface area (Å²) in [5, 5.41) is 13.8. The van der Waals surface area contributed by atoms with Crippen molar-refractivity contribution in [3.8, 4) is 0 Å². The molecule has 1 aromatic carbocycles. The molecule has 1 atom stereocenters. The number of nitrogens with zero attached hydrogens (tertiary/aromatic N) is 3. The highest BCUT2D eigenvalue weighted by molar-refractivity contribution is 7.98. The van der Waals surface area contributed by atoms with E-state index in [9.17, 15) is 14.4 Å². The Labute approximate surface area is 160 Å². The summed E-state index contributed by atoms with van der Waals surface area (Å²) in [7, 11) is 0. The molecule has 2 heterocycles. The number of fused-ring (bicyclic) bond motifs is 3. The van der Waals surface area contributed by atoms with E-state index in [1.807, 2.05) is 35.1 Å². The molecule has 0 radical (unpaired) electrons. The molecular weight excluding hydrogens is 370 g/mol. The Kier molecular flexibility index (Phi) is 5.84. The van der Waals surface area contributed by atoms with Crippen LogP contribution in [0.25, 0.3) is 11.0 Å². The summed E-state index contributed by atoms with van der Waals surface area (Å²) < 4.78 is 1.97. The van der Waals surface area contributed by atoms with Crippen molar-refractivity contribution >= 4 is 46.7 Å². The van der Waals surface area contributed by atoms with Crippen LogP contribution >= 0.6 is 11.8 Å². The van der Waals surface area contributed by atoms with E-state index in [0.717, 1.165) is 11.0 Å². The Morgan fingerprint density at radius 2 is 2.07 bits per heavy atom. The van der Waals surface area contributed by atoms with Gasteiger partial charge in [-0.3, -0.25) is 14.5 Å². The van der Waals surface area contributed by atoms with Crippen molar-refractivity contribution in [2.45, 2.75) is 19.0 Å². The van der Waals surface area contributed by atoms with Crippen molar-refractivity contribution < 1.29 is 19.5 Å². The van der Waals surface area contributed by atoms with E-state index in [-0.39, 0.29) is 0 Å². The summed E-state index contributed by atoms with van der Waals surface area (Å²) in [6.07, 6.45) is 2.31. The summed E-state index contributed by atoms with van der Waals surface area (Å²) in [6, 6.07) is 6.43. The Balaban J connectivity index is 1.72. The number of amides is 3. The normalized spacial score (nSPS) is 14.0. The topological polar surface area (TPSA) is 117 Å². The Hall–Kier alpha value is -2.75. The fourth-order valence-electron chi connectivity index (χ4n) is 3.00. The van der Waals surface area contributed by atoms with Crippen LogP contribution in [-0.4, -0.2) is 63.7 Å². The second kappa shape index (κ2) is 8.30. The molecule has 10 heteroatoms. The van der Waals surface area contributed by atoms with Crippen molar-refractivity contribution in [1.29, 1.82) is 0 Å². The number of urea groups is 1. The monoisotopic (exact) mass is 391 g/mol. The zero-order chi connectivity index (χ0) is 19.4. The lowest BCUT2D eigenvalue weighted by atomic mass is 10.2. The van der Waals surface area contributed by atoms with E-state index in [1.54, 1.807) is 11.8 Å². The lowest BCUT2D eigenvalue weighted by Gasteiger charge is -2.21. The maximum Gasteiger partial charge on any atom is 0.324 e. The van der Waals surface area contributed by atoms with E-state index >= 15 is 0 Å². The summed E-state index contributed by atoms with van der Waals surface area (Å²) in [4.78, 5) is 41.7. The van der Waals surface area contributed by atoms with Gasteiger partial charge >= 0.3 is 12.0 Å². The average Bonchev–Trinajstić information content (AvgIpc) is 3.22. The van der Waals surface area contributed by atoms with Crippen molar-refractivity contribution in [3.63, 3.8) is 0 Å². The van der Waals surface area contributed by atoms with Gasteiger partial charge < -0.3 is 20.3 Å². The fraction of sp³-hybridized carbons (Fsp3) is 0.412. The van der Waals surface area contributed by atoms with Gasteiger partial charge in [0.15, 0.2) is 0 Å².